The fourth-order valence-electron chi connectivity index (χ4n) is 3.13. The molecule has 0 bridgehead atoms. The van der Waals surface area contributed by atoms with Gasteiger partial charge in [0.05, 0.1) is 6.42 Å². The van der Waals surface area contributed by atoms with Gasteiger partial charge in [-0.3, -0.25) is 4.79 Å². The van der Waals surface area contributed by atoms with E-state index in [-0.39, 0.29) is 5.91 Å². The zero-order valence-corrected chi connectivity index (χ0v) is 15.8. The molecule has 0 aliphatic rings. The van der Waals surface area contributed by atoms with Crippen molar-refractivity contribution < 1.29 is 4.79 Å². The summed E-state index contributed by atoms with van der Waals surface area (Å²) in [6, 6.07) is 28.8. The standard InChI is InChI=1S/C24H26N2O/c1-2-26(23-11-7-4-8-12-23)18-17-25-24(27)19-20-13-15-22(16-14-20)21-9-5-3-6-10-21/h3-16H,2,17-19H2,1H3,(H,25,27). The van der Waals surface area contributed by atoms with Gasteiger partial charge in [-0.1, -0.05) is 72.8 Å². The molecule has 27 heavy (non-hydrogen) atoms. The quantitative estimate of drug-likeness (QED) is 0.641. The maximum absolute atomic E-state index is 12.2. The predicted molar refractivity (Wildman–Crippen MR) is 113 cm³/mol. The zero-order chi connectivity index (χ0) is 18.9. The molecular weight excluding hydrogens is 332 g/mol. The molecule has 0 aliphatic carbocycles. The van der Waals surface area contributed by atoms with Gasteiger partial charge in [0, 0.05) is 25.3 Å². The number of hydrogen-bond acceptors (Lipinski definition) is 2. The van der Waals surface area contributed by atoms with Gasteiger partial charge < -0.3 is 10.2 Å². The van der Waals surface area contributed by atoms with E-state index < -0.39 is 0 Å². The van der Waals surface area contributed by atoms with Gasteiger partial charge in [0.2, 0.25) is 5.91 Å². The first-order chi connectivity index (χ1) is 13.3. The Morgan fingerprint density at radius 3 is 2.04 bits per heavy atom. The second kappa shape index (κ2) is 9.58. The van der Waals surface area contributed by atoms with Crippen LogP contribution in [-0.4, -0.2) is 25.5 Å². The number of carbonyl (C=O) groups excluding carboxylic acids is 1. The summed E-state index contributed by atoms with van der Waals surface area (Å²) in [5.41, 5.74) is 4.57. The molecule has 0 saturated carbocycles. The number of hydrogen-bond donors (Lipinski definition) is 1. The molecule has 0 radical (unpaired) electrons. The number of rotatable bonds is 8. The molecule has 3 heteroatoms. The number of anilines is 1. The van der Waals surface area contributed by atoms with Crippen LogP contribution in [0.3, 0.4) is 0 Å². The second-order valence-corrected chi connectivity index (χ2v) is 6.50. The lowest BCUT2D eigenvalue weighted by molar-refractivity contribution is -0.120. The fraction of sp³-hybridized carbons (Fsp3) is 0.208. The maximum atomic E-state index is 12.2. The Morgan fingerprint density at radius 1 is 0.815 bits per heavy atom. The third-order valence-corrected chi connectivity index (χ3v) is 4.63. The number of nitrogens with one attached hydrogen (secondary N) is 1. The van der Waals surface area contributed by atoms with Crippen LogP contribution in [-0.2, 0) is 11.2 Å². The van der Waals surface area contributed by atoms with E-state index in [2.05, 4.69) is 53.5 Å². The van der Waals surface area contributed by atoms with E-state index >= 15 is 0 Å². The summed E-state index contributed by atoms with van der Waals surface area (Å²) in [5, 5.41) is 3.03. The largest absolute Gasteiger partial charge is 0.370 e. The molecule has 138 valence electrons. The summed E-state index contributed by atoms with van der Waals surface area (Å²) >= 11 is 0. The molecule has 0 saturated heterocycles. The Kier molecular flexibility index (Phi) is 6.64. The molecule has 3 aromatic carbocycles. The summed E-state index contributed by atoms with van der Waals surface area (Å²) < 4.78 is 0. The Labute approximate surface area is 161 Å². The first-order valence-electron chi connectivity index (χ1n) is 9.47. The summed E-state index contributed by atoms with van der Waals surface area (Å²) in [4.78, 5) is 14.5. The fourth-order valence-corrected chi connectivity index (χ4v) is 3.13. The Morgan fingerprint density at radius 2 is 1.41 bits per heavy atom. The molecule has 1 amide bonds. The Hall–Kier alpha value is -3.07. The highest BCUT2D eigenvalue weighted by atomic mass is 16.1. The van der Waals surface area contributed by atoms with Gasteiger partial charge in [0.25, 0.3) is 0 Å². The predicted octanol–water partition coefficient (Wildman–Crippen LogP) is 4.54. The van der Waals surface area contributed by atoms with Crippen molar-refractivity contribution in [2.45, 2.75) is 13.3 Å². The van der Waals surface area contributed by atoms with Crippen LogP contribution in [0.4, 0.5) is 5.69 Å². The monoisotopic (exact) mass is 358 g/mol. The molecule has 1 N–H and O–H groups in total. The smallest absolute Gasteiger partial charge is 0.224 e. The summed E-state index contributed by atoms with van der Waals surface area (Å²) in [5.74, 6) is 0.0616. The minimum atomic E-state index is 0.0616. The van der Waals surface area contributed by atoms with Crippen molar-refractivity contribution in [1.29, 1.82) is 0 Å². The normalized spacial score (nSPS) is 10.4. The van der Waals surface area contributed by atoms with Crippen molar-refractivity contribution in [2.24, 2.45) is 0 Å². The van der Waals surface area contributed by atoms with Gasteiger partial charge in [-0.25, -0.2) is 0 Å². The highest BCUT2D eigenvalue weighted by Gasteiger charge is 2.06. The van der Waals surface area contributed by atoms with E-state index in [0.29, 0.717) is 13.0 Å². The van der Waals surface area contributed by atoms with Gasteiger partial charge in [-0.05, 0) is 35.7 Å². The van der Waals surface area contributed by atoms with Crippen LogP contribution < -0.4 is 10.2 Å². The first-order valence-corrected chi connectivity index (χ1v) is 9.47. The molecule has 0 spiro atoms. The molecule has 0 heterocycles. The summed E-state index contributed by atoms with van der Waals surface area (Å²) in [6.07, 6.45) is 0.409. The first kappa shape index (κ1) is 18.7. The van der Waals surface area contributed by atoms with E-state index in [1.807, 2.05) is 48.5 Å². The number of carbonyl (C=O) groups is 1. The molecule has 3 aromatic rings. The highest BCUT2D eigenvalue weighted by molar-refractivity contribution is 5.79. The molecule has 0 aromatic heterocycles. The number of amides is 1. The van der Waals surface area contributed by atoms with Crippen LogP contribution in [0.1, 0.15) is 12.5 Å². The average molecular weight is 358 g/mol. The molecule has 0 aliphatic heterocycles. The molecule has 0 atom stereocenters. The molecule has 3 rings (SSSR count). The Balaban J connectivity index is 1.48. The van der Waals surface area contributed by atoms with Gasteiger partial charge >= 0.3 is 0 Å². The van der Waals surface area contributed by atoms with Gasteiger partial charge in [0.1, 0.15) is 0 Å². The number of likely N-dealkylation sites (N-methyl/N-ethyl adjacent to an activating group) is 1. The Bertz CT molecular complexity index is 829. The zero-order valence-electron chi connectivity index (χ0n) is 15.8. The molecule has 3 nitrogen and oxygen atoms in total. The molecule has 0 fully saturated rings. The lowest BCUT2D eigenvalue weighted by Gasteiger charge is -2.23. The van der Waals surface area contributed by atoms with Gasteiger partial charge in [0.15, 0.2) is 0 Å². The van der Waals surface area contributed by atoms with Crippen molar-refractivity contribution >= 4 is 11.6 Å². The number of benzene rings is 3. The summed E-state index contributed by atoms with van der Waals surface area (Å²) in [7, 11) is 0. The van der Waals surface area contributed by atoms with Crippen LogP contribution in [0.5, 0.6) is 0 Å². The van der Waals surface area contributed by atoms with Crippen molar-refractivity contribution in [3.8, 4) is 11.1 Å². The van der Waals surface area contributed by atoms with Crippen molar-refractivity contribution in [3.05, 3.63) is 90.5 Å². The number of nitrogens with zero attached hydrogens (tertiary/aromatic N) is 1. The van der Waals surface area contributed by atoms with Crippen molar-refractivity contribution in [1.82, 2.24) is 5.32 Å². The topological polar surface area (TPSA) is 32.3 Å². The second-order valence-electron chi connectivity index (χ2n) is 6.50. The SMILES string of the molecule is CCN(CCNC(=O)Cc1ccc(-c2ccccc2)cc1)c1ccccc1. The average Bonchev–Trinajstić information content (AvgIpc) is 2.73. The van der Waals surface area contributed by atoms with Crippen LogP contribution in [0.2, 0.25) is 0 Å². The molecule has 0 unspecified atom stereocenters. The van der Waals surface area contributed by atoms with Crippen LogP contribution >= 0.6 is 0 Å². The lowest BCUT2D eigenvalue weighted by Crippen LogP contribution is -2.35. The lowest BCUT2D eigenvalue weighted by atomic mass is 10.0. The third-order valence-electron chi connectivity index (χ3n) is 4.63. The van der Waals surface area contributed by atoms with Crippen molar-refractivity contribution in [3.63, 3.8) is 0 Å². The maximum Gasteiger partial charge on any atom is 0.224 e. The van der Waals surface area contributed by atoms with Crippen LogP contribution in [0.25, 0.3) is 11.1 Å². The van der Waals surface area contributed by atoms with Crippen LogP contribution in [0, 0.1) is 0 Å². The van der Waals surface area contributed by atoms with E-state index in [9.17, 15) is 4.79 Å². The van der Waals surface area contributed by atoms with E-state index in [1.54, 1.807) is 0 Å². The van der Waals surface area contributed by atoms with Crippen molar-refractivity contribution in [2.75, 3.05) is 24.5 Å². The van der Waals surface area contributed by atoms with Gasteiger partial charge in [-0.15, -0.1) is 0 Å². The van der Waals surface area contributed by atoms with Crippen LogP contribution in [0.15, 0.2) is 84.9 Å². The van der Waals surface area contributed by atoms with Gasteiger partial charge in [-0.2, -0.15) is 0 Å². The summed E-state index contributed by atoms with van der Waals surface area (Å²) in [6.45, 7) is 4.49. The highest BCUT2D eigenvalue weighted by Crippen LogP contribution is 2.19. The minimum Gasteiger partial charge on any atom is -0.370 e. The number of para-hydroxylation sites is 1. The van der Waals surface area contributed by atoms with E-state index in [4.69, 9.17) is 0 Å². The third kappa shape index (κ3) is 5.45. The van der Waals surface area contributed by atoms with E-state index in [0.717, 1.165) is 18.7 Å². The van der Waals surface area contributed by atoms with E-state index in [1.165, 1.54) is 16.8 Å². The molecular formula is C24H26N2O. The minimum absolute atomic E-state index is 0.0616.